The molecule has 0 aliphatic carbocycles. The molecule has 1 aromatic carbocycles. The van der Waals surface area contributed by atoms with Crippen LogP contribution in [0.2, 0.25) is 0 Å². The van der Waals surface area contributed by atoms with Gasteiger partial charge in [0.2, 0.25) is 0 Å². The summed E-state index contributed by atoms with van der Waals surface area (Å²) in [5.41, 5.74) is 4.22. The van der Waals surface area contributed by atoms with Crippen molar-refractivity contribution in [2.75, 3.05) is 13.7 Å². The third kappa shape index (κ3) is 4.13. The second kappa shape index (κ2) is 5.92. The van der Waals surface area contributed by atoms with Gasteiger partial charge in [-0.15, -0.1) is 0 Å². The van der Waals surface area contributed by atoms with E-state index in [0.717, 1.165) is 12.1 Å². The smallest absolute Gasteiger partial charge is 0.419 e. The minimum atomic E-state index is -4.57. The molecule has 0 aromatic heterocycles. The van der Waals surface area contributed by atoms with Crippen molar-refractivity contribution in [1.29, 1.82) is 5.41 Å². The van der Waals surface area contributed by atoms with Crippen LogP contribution < -0.4 is 10.5 Å². The van der Waals surface area contributed by atoms with Gasteiger partial charge in [0.25, 0.3) is 0 Å². The predicted molar refractivity (Wildman–Crippen MR) is 64.4 cm³/mol. The van der Waals surface area contributed by atoms with E-state index in [1.54, 1.807) is 6.92 Å². The lowest BCUT2D eigenvalue weighted by Crippen LogP contribution is -2.19. The van der Waals surface area contributed by atoms with E-state index in [2.05, 4.69) is 0 Å². The van der Waals surface area contributed by atoms with Crippen LogP contribution in [-0.2, 0) is 10.9 Å². The summed E-state index contributed by atoms with van der Waals surface area (Å²) in [6.07, 6.45) is -4.90. The second-order valence-corrected chi connectivity index (χ2v) is 3.98. The number of hydrogen-bond donors (Lipinski definition) is 2. The summed E-state index contributed by atoms with van der Waals surface area (Å²) < 4.78 is 48.6. The van der Waals surface area contributed by atoms with Crippen molar-refractivity contribution in [1.82, 2.24) is 0 Å². The Bertz CT molecular complexity index is 461. The van der Waals surface area contributed by atoms with E-state index >= 15 is 0 Å². The van der Waals surface area contributed by atoms with Gasteiger partial charge in [-0.1, -0.05) is 0 Å². The quantitative estimate of drug-likeness (QED) is 0.641. The number of alkyl halides is 3. The van der Waals surface area contributed by atoms with Crippen LogP contribution in [0.15, 0.2) is 18.2 Å². The maximum absolute atomic E-state index is 12.9. The fraction of sp³-hybridized carbons (Fsp3) is 0.417. The Morgan fingerprint density at radius 3 is 2.53 bits per heavy atom. The number of nitrogens with two attached hydrogens (primary N) is 1. The van der Waals surface area contributed by atoms with Gasteiger partial charge in [0.15, 0.2) is 0 Å². The maximum atomic E-state index is 12.9. The minimum absolute atomic E-state index is 0.000495. The molecule has 1 aromatic rings. The highest BCUT2D eigenvalue weighted by Crippen LogP contribution is 2.36. The van der Waals surface area contributed by atoms with E-state index in [0.29, 0.717) is 0 Å². The molecule has 0 spiro atoms. The number of nitrogen functional groups attached to an aromatic ring is 1. The van der Waals surface area contributed by atoms with Crippen LogP contribution >= 0.6 is 0 Å². The van der Waals surface area contributed by atoms with Gasteiger partial charge in [-0.2, -0.15) is 13.2 Å². The van der Waals surface area contributed by atoms with Gasteiger partial charge in [-0.05, 0) is 25.1 Å². The minimum Gasteiger partial charge on any atom is -0.490 e. The highest BCUT2D eigenvalue weighted by atomic mass is 19.4. The largest absolute Gasteiger partial charge is 0.490 e. The van der Waals surface area contributed by atoms with Gasteiger partial charge in [-0.25, -0.2) is 0 Å². The highest BCUT2D eigenvalue weighted by molar-refractivity contribution is 5.95. The summed E-state index contributed by atoms with van der Waals surface area (Å²) in [6.45, 7) is 1.68. The molecule has 0 amide bonds. The summed E-state index contributed by atoms with van der Waals surface area (Å²) in [4.78, 5) is 0. The first-order chi connectivity index (χ1) is 8.75. The topological polar surface area (TPSA) is 68.3 Å². The Balaban J connectivity index is 3.06. The molecule has 1 atom stereocenters. The normalized spacial score (nSPS) is 13.1. The lowest BCUT2D eigenvalue weighted by atomic mass is 10.1. The molecule has 0 fully saturated rings. The molecule has 106 valence electrons. The molecule has 0 saturated carbocycles. The van der Waals surface area contributed by atoms with Crippen LogP contribution in [0.5, 0.6) is 5.75 Å². The molecule has 4 nitrogen and oxygen atoms in total. The van der Waals surface area contributed by atoms with Crippen molar-refractivity contribution in [3.8, 4) is 5.75 Å². The van der Waals surface area contributed by atoms with Gasteiger partial charge >= 0.3 is 6.18 Å². The average Bonchev–Trinajstić information content (AvgIpc) is 2.34. The Morgan fingerprint density at radius 2 is 2.05 bits per heavy atom. The van der Waals surface area contributed by atoms with Crippen molar-refractivity contribution in [3.63, 3.8) is 0 Å². The van der Waals surface area contributed by atoms with Crippen LogP contribution in [-0.4, -0.2) is 25.7 Å². The SMILES string of the molecule is COC(C)COc1ccc(C(=N)N)cc1C(F)(F)F. The lowest BCUT2D eigenvalue weighted by molar-refractivity contribution is -0.139. The van der Waals surface area contributed by atoms with E-state index < -0.39 is 17.6 Å². The first kappa shape index (κ1) is 15.3. The van der Waals surface area contributed by atoms with E-state index in [4.69, 9.17) is 20.6 Å². The first-order valence-corrected chi connectivity index (χ1v) is 5.47. The molecule has 0 heterocycles. The molecule has 3 N–H and O–H groups in total. The number of benzene rings is 1. The molecular weight excluding hydrogens is 261 g/mol. The Labute approximate surface area is 108 Å². The van der Waals surface area contributed by atoms with Crippen molar-refractivity contribution in [3.05, 3.63) is 29.3 Å². The molecule has 0 aliphatic rings. The molecule has 1 unspecified atom stereocenters. The van der Waals surface area contributed by atoms with E-state index in [9.17, 15) is 13.2 Å². The lowest BCUT2D eigenvalue weighted by Gasteiger charge is -2.17. The number of ether oxygens (including phenoxy) is 2. The summed E-state index contributed by atoms with van der Waals surface area (Å²) in [5, 5.41) is 7.16. The van der Waals surface area contributed by atoms with Crippen LogP contribution in [0.1, 0.15) is 18.1 Å². The van der Waals surface area contributed by atoms with E-state index in [-0.39, 0.29) is 24.0 Å². The number of hydrogen-bond acceptors (Lipinski definition) is 3. The van der Waals surface area contributed by atoms with Crippen molar-refractivity contribution in [2.45, 2.75) is 19.2 Å². The van der Waals surface area contributed by atoms with Crippen LogP contribution in [0.25, 0.3) is 0 Å². The summed E-state index contributed by atoms with van der Waals surface area (Å²) in [5.74, 6) is -0.733. The third-order valence-electron chi connectivity index (χ3n) is 2.47. The standard InChI is InChI=1S/C12H15F3N2O2/c1-7(18-2)6-19-10-4-3-8(11(16)17)5-9(10)12(13,14)15/h3-5,7H,6H2,1-2H3,(H3,16,17). The molecule has 7 heteroatoms. The van der Waals surface area contributed by atoms with E-state index in [1.165, 1.54) is 13.2 Å². The fourth-order valence-corrected chi connectivity index (χ4v) is 1.32. The maximum Gasteiger partial charge on any atom is 0.419 e. The van der Waals surface area contributed by atoms with Crippen LogP contribution in [0, 0.1) is 5.41 Å². The predicted octanol–water partition coefficient (Wildman–Crippen LogP) is 2.40. The summed E-state index contributed by atoms with van der Waals surface area (Å²) in [6, 6.07) is 3.27. The molecule has 0 bridgehead atoms. The zero-order chi connectivity index (χ0) is 14.6. The molecule has 0 aliphatic heterocycles. The molecule has 0 saturated heterocycles. The number of rotatable bonds is 5. The zero-order valence-electron chi connectivity index (χ0n) is 10.5. The van der Waals surface area contributed by atoms with Gasteiger partial charge in [0, 0.05) is 12.7 Å². The zero-order valence-corrected chi connectivity index (χ0v) is 10.5. The summed E-state index contributed by atoms with van der Waals surface area (Å²) >= 11 is 0. The van der Waals surface area contributed by atoms with Crippen molar-refractivity contribution >= 4 is 5.84 Å². The molecule has 19 heavy (non-hydrogen) atoms. The fourth-order valence-electron chi connectivity index (χ4n) is 1.32. The first-order valence-electron chi connectivity index (χ1n) is 5.47. The molecule has 1 rings (SSSR count). The number of nitrogens with one attached hydrogen (secondary N) is 1. The second-order valence-electron chi connectivity index (χ2n) is 3.98. The van der Waals surface area contributed by atoms with E-state index in [1.807, 2.05) is 0 Å². The van der Waals surface area contributed by atoms with Crippen molar-refractivity contribution in [2.24, 2.45) is 5.73 Å². The van der Waals surface area contributed by atoms with Gasteiger partial charge in [0.1, 0.15) is 18.2 Å². The molecule has 0 radical (unpaired) electrons. The number of halogens is 3. The van der Waals surface area contributed by atoms with Crippen molar-refractivity contribution < 1.29 is 22.6 Å². The number of methoxy groups -OCH3 is 1. The Hall–Kier alpha value is -1.76. The van der Waals surface area contributed by atoms with Crippen LogP contribution in [0.4, 0.5) is 13.2 Å². The van der Waals surface area contributed by atoms with Gasteiger partial charge < -0.3 is 15.2 Å². The number of amidine groups is 1. The third-order valence-corrected chi connectivity index (χ3v) is 2.47. The average molecular weight is 276 g/mol. The van der Waals surface area contributed by atoms with Gasteiger partial charge in [-0.3, -0.25) is 5.41 Å². The molecular formula is C12H15F3N2O2. The summed E-state index contributed by atoms with van der Waals surface area (Å²) in [7, 11) is 1.44. The Morgan fingerprint density at radius 1 is 1.42 bits per heavy atom. The van der Waals surface area contributed by atoms with Crippen LogP contribution in [0.3, 0.4) is 0 Å². The monoisotopic (exact) mass is 276 g/mol. The van der Waals surface area contributed by atoms with Gasteiger partial charge in [0.05, 0.1) is 11.7 Å². The Kier molecular flexibility index (Phi) is 4.77. The highest BCUT2D eigenvalue weighted by Gasteiger charge is 2.35.